The summed E-state index contributed by atoms with van der Waals surface area (Å²) in [6, 6.07) is 7.54. The molecule has 1 N–H and O–H groups in total. The van der Waals surface area contributed by atoms with Crippen molar-refractivity contribution < 1.29 is 14.7 Å². The van der Waals surface area contributed by atoms with Crippen LogP contribution in [-0.4, -0.2) is 31.2 Å². The maximum atomic E-state index is 8.77. The fourth-order valence-electron chi connectivity index (χ4n) is 1.48. The molecule has 0 bridgehead atoms. The second-order valence-corrected chi connectivity index (χ2v) is 3.73. The van der Waals surface area contributed by atoms with Crippen molar-refractivity contribution in [3.8, 4) is 5.75 Å². The Morgan fingerprint density at radius 1 is 1.24 bits per heavy atom. The van der Waals surface area contributed by atoms with Crippen LogP contribution in [-0.2, 0) is 4.74 Å². The third-order valence-electron chi connectivity index (χ3n) is 2.43. The van der Waals surface area contributed by atoms with E-state index in [0.717, 1.165) is 30.8 Å². The Morgan fingerprint density at radius 3 is 2.65 bits per heavy atom. The van der Waals surface area contributed by atoms with Crippen molar-refractivity contribution >= 4 is 5.71 Å². The van der Waals surface area contributed by atoms with Crippen LogP contribution >= 0.6 is 0 Å². The number of hydrogen-bond acceptors (Lipinski definition) is 4. The quantitative estimate of drug-likeness (QED) is 0.343. The van der Waals surface area contributed by atoms with E-state index in [1.807, 2.05) is 24.3 Å². The summed E-state index contributed by atoms with van der Waals surface area (Å²) < 4.78 is 10.6. The van der Waals surface area contributed by atoms with Crippen molar-refractivity contribution in [2.75, 3.05) is 20.3 Å². The van der Waals surface area contributed by atoms with Gasteiger partial charge in [0.25, 0.3) is 0 Å². The van der Waals surface area contributed by atoms with Crippen molar-refractivity contribution in [1.29, 1.82) is 0 Å². The van der Waals surface area contributed by atoms with Gasteiger partial charge in [0.1, 0.15) is 5.75 Å². The molecule has 0 aliphatic carbocycles. The zero-order chi connectivity index (χ0) is 12.5. The maximum absolute atomic E-state index is 8.77. The molecule has 0 amide bonds. The number of benzene rings is 1. The summed E-state index contributed by atoms with van der Waals surface area (Å²) in [7, 11) is 1.69. The van der Waals surface area contributed by atoms with Crippen molar-refractivity contribution in [1.82, 2.24) is 0 Å². The van der Waals surface area contributed by atoms with Gasteiger partial charge in [-0.2, -0.15) is 0 Å². The van der Waals surface area contributed by atoms with E-state index in [0.29, 0.717) is 12.3 Å². The van der Waals surface area contributed by atoms with E-state index in [2.05, 4.69) is 5.16 Å². The van der Waals surface area contributed by atoms with E-state index < -0.39 is 0 Å². The number of oxime groups is 1. The van der Waals surface area contributed by atoms with Crippen LogP contribution in [0.3, 0.4) is 0 Å². The second-order valence-electron chi connectivity index (χ2n) is 3.73. The summed E-state index contributed by atoms with van der Waals surface area (Å²) in [6.07, 6.45) is 1.92. The van der Waals surface area contributed by atoms with Gasteiger partial charge in [0, 0.05) is 19.3 Å². The minimum atomic E-state index is 0.553. The number of para-hydroxylation sites is 1. The molecule has 4 heteroatoms. The van der Waals surface area contributed by atoms with E-state index in [-0.39, 0.29) is 0 Å². The van der Waals surface area contributed by atoms with Crippen LogP contribution in [0.2, 0.25) is 0 Å². The first-order valence-electron chi connectivity index (χ1n) is 5.69. The Bertz CT molecular complexity index is 363. The predicted octanol–water partition coefficient (Wildman–Crippen LogP) is 2.69. The number of methoxy groups -OCH3 is 1. The molecule has 94 valence electrons. The van der Waals surface area contributed by atoms with Gasteiger partial charge in [-0.25, -0.2) is 0 Å². The number of nitrogens with zero attached hydrogens (tertiary/aromatic N) is 1. The molecule has 4 nitrogen and oxygen atoms in total. The third-order valence-corrected chi connectivity index (χ3v) is 2.43. The average Bonchev–Trinajstić information content (AvgIpc) is 2.38. The van der Waals surface area contributed by atoms with Gasteiger partial charge in [-0.1, -0.05) is 17.3 Å². The zero-order valence-corrected chi connectivity index (χ0v) is 10.3. The lowest BCUT2D eigenvalue weighted by atomic mass is 10.1. The molecule has 0 saturated carbocycles. The van der Waals surface area contributed by atoms with Crippen LogP contribution in [0.1, 0.15) is 25.3 Å². The highest BCUT2D eigenvalue weighted by Crippen LogP contribution is 2.19. The molecule has 0 fully saturated rings. The fourth-order valence-corrected chi connectivity index (χ4v) is 1.48. The standard InChI is InChI=1S/C13H19NO3/c1-11(14-15)12-7-3-4-8-13(12)17-10-6-5-9-16-2/h3-4,7-8,15H,5-6,9-10H2,1-2H3/b14-11+. The molecule has 1 rings (SSSR count). The minimum Gasteiger partial charge on any atom is -0.493 e. The normalized spacial score (nSPS) is 11.5. The molecule has 0 heterocycles. The van der Waals surface area contributed by atoms with Crippen LogP contribution in [0.4, 0.5) is 0 Å². The summed E-state index contributed by atoms with van der Waals surface area (Å²) in [5, 5.41) is 12.0. The number of rotatable bonds is 7. The Balaban J connectivity index is 2.53. The molecule has 17 heavy (non-hydrogen) atoms. The highest BCUT2D eigenvalue weighted by molar-refractivity contribution is 6.00. The number of ether oxygens (including phenoxy) is 2. The smallest absolute Gasteiger partial charge is 0.128 e. The fraction of sp³-hybridized carbons (Fsp3) is 0.462. The molecule has 1 aromatic carbocycles. The van der Waals surface area contributed by atoms with Crippen LogP contribution in [0.25, 0.3) is 0 Å². The van der Waals surface area contributed by atoms with Crippen LogP contribution in [0.5, 0.6) is 5.75 Å². The SMILES string of the molecule is COCCCCOc1ccccc1/C(C)=N/O. The molecular weight excluding hydrogens is 218 g/mol. The van der Waals surface area contributed by atoms with Crippen LogP contribution in [0, 0.1) is 0 Å². The molecule has 1 aromatic rings. The molecule has 0 aliphatic heterocycles. The average molecular weight is 237 g/mol. The van der Waals surface area contributed by atoms with Gasteiger partial charge < -0.3 is 14.7 Å². The molecule has 0 saturated heterocycles. The van der Waals surface area contributed by atoms with Gasteiger partial charge in [-0.05, 0) is 31.9 Å². The van der Waals surface area contributed by atoms with Crippen LogP contribution < -0.4 is 4.74 Å². The summed E-state index contributed by atoms with van der Waals surface area (Å²) in [5.41, 5.74) is 1.37. The molecule has 0 radical (unpaired) electrons. The molecule has 0 atom stereocenters. The Kier molecular flexibility index (Phi) is 6.10. The molecule has 0 aromatic heterocycles. The van der Waals surface area contributed by atoms with E-state index >= 15 is 0 Å². The summed E-state index contributed by atoms with van der Waals surface area (Å²) >= 11 is 0. The van der Waals surface area contributed by atoms with Crippen LogP contribution in [0.15, 0.2) is 29.4 Å². The Morgan fingerprint density at radius 2 is 1.94 bits per heavy atom. The largest absolute Gasteiger partial charge is 0.493 e. The molecular formula is C13H19NO3. The van der Waals surface area contributed by atoms with Gasteiger partial charge in [0.2, 0.25) is 0 Å². The van der Waals surface area contributed by atoms with Gasteiger partial charge in [0.15, 0.2) is 0 Å². The molecule has 0 unspecified atom stereocenters. The van der Waals surface area contributed by atoms with E-state index in [4.69, 9.17) is 14.7 Å². The maximum Gasteiger partial charge on any atom is 0.128 e. The van der Waals surface area contributed by atoms with Crippen molar-refractivity contribution in [3.63, 3.8) is 0 Å². The number of hydrogen-bond donors (Lipinski definition) is 1. The topological polar surface area (TPSA) is 51.0 Å². The Hall–Kier alpha value is -1.55. The lowest BCUT2D eigenvalue weighted by molar-refractivity contribution is 0.184. The summed E-state index contributed by atoms with van der Waals surface area (Å²) in [4.78, 5) is 0. The first-order chi connectivity index (χ1) is 8.29. The van der Waals surface area contributed by atoms with Gasteiger partial charge in [-0.3, -0.25) is 0 Å². The van der Waals surface area contributed by atoms with E-state index in [9.17, 15) is 0 Å². The summed E-state index contributed by atoms with van der Waals surface area (Å²) in [6.45, 7) is 3.13. The predicted molar refractivity (Wildman–Crippen MR) is 67.0 cm³/mol. The van der Waals surface area contributed by atoms with Crippen molar-refractivity contribution in [2.45, 2.75) is 19.8 Å². The van der Waals surface area contributed by atoms with Gasteiger partial charge in [0.05, 0.1) is 12.3 Å². The first kappa shape index (κ1) is 13.5. The van der Waals surface area contributed by atoms with Gasteiger partial charge in [-0.15, -0.1) is 0 Å². The minimum absolute atomic E-state index is 0.553. The zero-order valence-electron chi connectivity index (χ0n) is 10.3. The Labute approximate surface area is 102 Å². The highest BCUT2D eigenvalue weighted by Gasteiger charge is 2.05. The lowest BCUT2D eigenvalue weighted by Gasteiger charge is -2.10. The first-order valence-corrected chi connectivity index (χ1v) is 5.69. The third kappa shape index (κ3) is 4.44. The molecule has 0 spiro atoms. The van der Waals surface area contributed by atoms with E-state index in [1.165, 1.54) is 0 Å². The lowest BCUT2D eigenvalue weighted by Crippen LogP contribution is -2.04. The highest BCUT2D eigenvalue weighted by atomic mass is 16.5. The van der Waals surface area contributed by atoms with Crippen molar-refractivity contribution in [3.05, 3.63) is 29.8 Å². The summed E-state index contributed by atoms with van der Waals surface area (Å²) in [5.74, 6) is 0.750. The number of unbranched alkanes of at least 4 members (excludes halogenated alkanes) is 1. The van der Waals surface area contributed by atoms with Gasteiger partial charge >= 0.3 is 0 Å². The van der Waals surface area contributed by atoms with Crippen molar-refractivity contribution in [2.24, 2.45) is 5.16 Å². The van der Waals surface area contributed by atoms with E-state index in [1.54, 1.807) is 14.0 Å². The molecule has 0 aliphatic rings. The second kappa shape index (κ2) is 7.68. The monoisotopic (exact) mass is 237 g/mol.